The van der Waals surface area contributed by atoms with Crippen molar-refractivity contribution in [2.24, 2.45) is 0 Å². The van der Waals surface area contributed by atoms with E-state index in [1.165, 1.54) is 5.56 Å². The molecule has 1 amide bonds. The van der Waals surface area contributed by atoms with Crippen molar-refractivity contribution in [2.75, 3.05) is 0 Å². The van der Waals surface area contributed by atoms with E-state index in [0.29, 0.717) is 12.1 Å². The van der Waals surface area contributed by atoms with Gasteiger partial charge in [0.15, 0.2) is 0 Å². The molecule has 0 aliphatic rings. The predicted octanol–water partition coefficient (Wildman–Crippen LogP) is 3.18. The average Bonchev–Trinajstić information content (AvgIpc) is 2.46. The highest BCUT2D eigenvalue weighted by molar-refractivity contribution is 5.94. The third kappa shape index (κ3) is 3.20. The molecule has 2 heteroatoms. The van der Waals surface area contributed by atoms with E-state index >= 15 is 0 Å². The molecule has 0 bridgehead atoms. The van der Waals surface area contributed by atoms with Gasteiger partial charge in [0, 0.05) is 12.1 Å². The molecule has 0 aromatic heterocycles. The summed E-state index contributed by atoms with van der Waals surface area (Å²) in [5, 5.41) is 2.91. The Bertz CT molecular complexity index is 502. The minimum atomic E-state index is -0.0323. The van der Waals surface area contributed by atoms with E-state index in [9.17, 15) is 4.79 Å². The molecule has 0 spiro atoms. The van der Waals surface area contributed by atoms with E-state index in [1.54, 1.807) is 0 Å². The zero-order chi connectivity index (χ0) is 12.8. The van der Waals surface area contributed by atoms with Gasteiger partial charge in [0.1, 0.15) is 0 Å². The average molecular weight is 239 g/mol. The van der Waals surface area contributed by atoms with E-state index in [0.717, 1.165) is 12.0 Å². The molecule has 0 atom stereocenters. The first-order valence-electron chi connectivity index (χ1n) is 6.20. The molecule has 2 aromatic rings. The number of rotatable bonds is 4. The van der Waals surface area contributed by atoms with Crippen LogP contribution in [0.1, 0.15) is 28.4 Å². The summed E-state index contributed by atoms with van der Waals surface area (Å²) < 4.78 is 0. The van der Waals surface area contributed by atoms with Crippen molar-refractivity contribution < 1.29 is 4.79 Å². The lowest BCUT2D eigenvalue weighted by molar-refractivity contribution is 0.0951. The molecular formula is C16H17NO. The largest absolute Gasteiger partial charge is 0.348 e. The van der Waals surface area contributed by atoms with Crippen molar-refractivity contribution in [3.63, 3.8) is 0 Å². The van der Waals surface area contributed by atoms with Crippen LogP contribution in [0.25, 0.3) is 0 Å². The Kier molecular flexibility index (Phi) is 4.13. The van der Waals surface area contributed by atoms with E-state index in [4.69, 9.17) is 0 Å². The molecule has 18 heavy (non-hydrogen) atoms. The van der Waals surface area contributed by atoms with Crippen LogP contribution < -0.4 is 5.32 Å². The van der Waals surface area contributed by atoms with Crippen LogP contribution in [-0.4, -0.2) is 5.91 Å². The zero-order valence-electron chi connectivity index (χ0n) is 10.5. The molecule has 2 rings (SSSR count). The maximum Gasteiger partial charge on any atom is 0.251 e. The first kappa shape index (κ1) is 12.4. The molecule has 0 aliphatic carbocycles. The second-order valence-electron chi connectivity index (χ2n) is 4.22. The number of benzene rings is 2. The summed E-state index contributed by atoms with van der Waals surface area (Å²) >= 11 is 0. The first-order chi connectivity index (χ1) is 8.79. The fraction of sp³-hybridized carbons (Fsp3) is 0.188. The summed E-state index contributed by atoms with van der Waals surface area (Å²) in [5.41, 5.74) is 3.13. The maximum absolute atomic E-state index is 11.8. The molecule has 2 aromatic carbocycles. The monoisotopic (exact) mass is 239 g/mol. The van der Waals surface area contributed by atoms with E-state index in [2.05, 4.69) is 36.5 Å². The minimum Gasteiger partial charge on any atom is -0.348 e. The second-order valence-corrected chi connectivity index (χ2v) is 4.22. The molecular weight excluding hydrogens is 222 g/mol. The van der Waals surface area contributed by atoms with Crippen molar-refractivity contribution in [3.05, 3.63) is 71.3 Å². The van der Waals surface area contributed by atoms with Crippen molar-refractivity contribution in [3.8, 4) is 0 Å². The van der Waals surface area contributed by atoms with Gasteiger partial charge in [0.05, 0.1) is 0 Å². The lowest BCUT2D eigenvalue weighted by Gasteiger charge is -2.06. The lowest BCUT2D eigenvalue weighted by Crippen LogP contribution is -2.22. The smallest absolute Gasteiger partial charge is 0.251 e. The molecule has 92 valence electrons. The van der Waals surface area contributed by atoms with Gasteiger partial charge in [-0.15, -0.1) is 0 Å². The number of carbonyl (C=O) groups excluding carboxylic acids is 1. The highest BCUT2D eigenvalue weighted by atomic mass is 16.1. The van der Waals surface area contributed by atoms with Gasteiger partial charge in [0.25, 0.3) is 5.91 Å². The molecule has 0 aliphatic heterocycles. The Morgan fingerprint density at radius 1 is 0.944 bits per heavy atom. The highest BCUT2D eigenvalue weighted by Gasteiger charge is 2.03. The molecule has 0 fully saturated rings. The zero-order valence-corrected chi connectivity index (χ0v) is 10.5. The minimum absolute atomic E-state index is 0.0323. The van der Waals surface area contributed by atoms with Crippen LogP contribution in [-0.2, 0) is 13.0 Å². The van der Waals surface area contributed by atoms with Gasteiger partial charge in [0.2, 0.25) is 0 Å². The summed E-state index contributed by atoms with van der Waals surface area (Å²) in [5.74, 6) is -0.0323. The van der Waals surface area contributed by atoms with Crippen LogP contribution in [0.3, 0.4) is 0 Å². The van der Waals surface area contributed by atoms with Crippen molar-refractivity contribution in [1.82, 2.24) is 5.32 Å². The molecule has 0 radical (unpaired) electrons. The topological polar surface area (TPSA) is 29.1 Å². The number of nitrogens with one attached hydrogen (secondary N) is 1. The lowest BCUT2D eigenvalue weighted by atomic mass is 10.1. The molecule has 2 nitrogen and oxygen atoms in total. The molecule has 1 N–H and O–H groups in total. The third-order valence-electron chi connectivity index (χ3n) is 2.92. The van der Waals surface area contributed by atoms with Crippen LogP contribution in [0.15, 0.2) is 54.6 Å². The van der Waals surface area contributed by atoms with Crippen LogP contribution in [0.2, 0.25) is 0 Å². The van der Waals surface area contributed by atoms with Crippen LogP contribution in [0, 0.1) is 0 Å². The van der Waals surface area contributed by atoms with Gasteiger partial charge in [-0.05, 0) is 29.7 Å². The van der Waals surface area contributed by atoms with Gasteiger partial charge in [-0.2, -0.15) is 0 Å². The predicted molar refractivity (Wildman–Crippen MR) is 73.4 cm³/mol. The summed E-state index contributed by atoms with van der Waals surface area (Å²) in [6.45, 7) is 2.70. The van der Waals surface area contributed by atoms with Gasteiger partial charge >= 0.3 is 0 Å². The Hall–Kier alpha value is -2.09. The standard InChI is InChI=1S/C16H17NO/c1-2-13-8-10-14(11-9-13)12-17-16(18)15-6-4-3-5-7-15/h3-11H,2,12H2,1H3,(H,17,18). The fourth-order valence-electron chi connectivity index (χ4n) is 1.77. The number of carbonyl (C=O) groups is 1. The second kappa shape index (κ2) is 6.01. The fourth-order valence-corrected chi connectivity index (χ4v) is 1.77. The van der Waals surface area contributed by atoms with E-state index < -0.39 is 0 Å². The van der Waals surface area contributed by atoms with E-state index in [-0.39, 0.29) is 5.91 Å². The summed E-state index contributed by atoms with van der Waals surface area (Å²) in [6, 6.07) is 17.6. The SMILES string of the molecule is CCc1ccc(CNC(=O)c2ccccc2)cc1. The summed E-state index contributed by atoms with van der Waals surface area (Å²) in [6.07, 6.45) is 1.04. The van der Waals surface area contributed by atoms with Crippen molar-refractivity contribution in [2.45, 2.75) is 19.9 Å². The Morgan fingerprint density at radius 2 is 1.56 bits per heavy atom. The molecule has 0 saturated carbocycles. The van der Waals surface area contributed by atoms with Crippen molar-refractivity contribution in [1.29, 1.82) is 0 Å². The van der Waals surface area contributed by atoms with Crippen LogP contribution in [0.4, 0.5) is 0 Å². The van der Waals surface area contributed by atoms with Gasteiger partial charge < -0.3 is 5.32 Å². The normalized spacial score (nSPS) is 10.1. The molecule has 0 heterocycles. The third-order valence-corrected chi connectivity index (χ3v) is 2.92. The molecule has 0 saturated heterocycles. The summed E-state index contributed by atoms with van der Waals surface area (Å²) in [4.78, 5) is 11.8. The summed E-state index contributed by atoms with van der Waals surface area (Å²) in [7, 11) is 0. The van der Waals surface area contributed by atoms with Gasteiger partial charge in [-0.1, -0.05) is 49.4 Å². The van der Waals surface area contributed by atoms with Crippen LogP contribution >= 0.6 is 0 Å². The van der Waals surface area contributed by atoms with Crippen LogP contribution in [0.5, 0.6) is 0 Å². The Morgan fingerprint density at radius 3 is 2.17 bits per heavy atom. The number of hydrogen-bond acceptors (Lipinski definition) is 1. The highest BCUT2D eigenvalue weighted by Crippen LogP contribution is 2.05. The number of aryl methyl sites for hydroxylation is 1. The number of amides is 1. The molecule has 0 unspecified atom stereocenters. The maximum atomic E-state index is 11.8. The Balaban J connectivity index is 1.93. The quantitative estimate of drug-likeness (QED) is 0.872. The van der Waals surface area contributed by atoms with E-state index in [1.807, 2.05) is 30.3 Å². The Labute approximate surface area is 108 Å². The first-order valence-corrected chi connectivity index (χ1v) is 6.20. The van der Waals surface area contributed by atoms with Gasteiger partial charge in [-0.3, -0.25) is 4.79 Å². The van der Waals surface area contributed by atoms with Crippen molar-refractivity contribution >= 4 is 5.91 Å². The number of hydrogen-bond donors (Lipinski definition) is 1. The van der Waals surface area contributed by atoms with Gasteiger partial charge in [-0.25, -0.2) is 0 Å².